The number of nitrogens with one attached hydrogen (secondary N) is 3. The number of rotatable bonds is 19. The summed E-state index contributed by atoms with van der Waals surface area (Å²) >= 11 is 7.97. The molecular formula is C51H65ClN8O5S2. The molecule has 0 aromatic heterocycles. The van der Waals surface area contributed by atoms with Crippen molar-refractivity contribution in [3.8, 4) is 0 Å². The zero-order valence-corrected chi connectivity index (χ0v) is 41.2. The molecule has 4 aromatic rings. The minimum atomic E-state index is -4.44. The van der Waals surface area contributed by atoms with Crippen molar-refractivity contribution < 1.29 is 18.1 Å². The normalized spacial score (nSPS) is 20.4. The number of amides is 1. The highest BCUT2D eigenvalue weighted by Gasteiger charge is 2.35. The highest BCUT2D eigenvalue weighted by molar-refractivity contribution is 7.99. The molecule has 13 nitrogen and oxygen atoms in total. The lowest BCUT2D eigenvalue weighted by Gasteiger charge is -2.43. The fourth-order valence-corrected chi connectivity index (χ4v) is 12.1. The molecule has 0 spiro atoms. The number of hydrogen-bond donors (Lipinski definition) is 3. The first-order chi connectivity index (χ1) is 32.3. The first kappa shape index (κ1) is 49.0. The van der Waals surface area contributed by atoms with Crippen molar-refractivity contribution in [1.82, 2.24) is 24.7 Å². The third-order valence-electron chi connectivity index (χ3n) is 14.1. The van der Waals surface area contributed by atoms with Gasteiger partial charge >= 0.3 is 0 Å². The summed E-state index contributed by atoms with van der Waals surface area (Å²) in [6.45, 7) is 13.0. The van der Waals surface area contributed by atoms with E-state index in [1.165, 1.54) is 48.1 Å². The number of allylic oxidation sites excluding steroid dienone is 1. The lowest BCUT2D eigenvalue weighted by molar-refractivity contribution is -0.384. The number of nitrogens with zero attached hydrogens (tertiary/aromatic N) is 5. The molecule has 2 aliphatic carbocycles. The maximum atomic E-state index is 13.6. The highest BCUT2D eigenvalue weighted by atomic mass is 35.5. The highest BCUT2D eigenvalue weighted by Crippen LogP contribution is 2.44. The van der Waals surface area contributed by atoms with Gasteiger partial charge in [0.1, 0.15) is 5.69 Å². The van der Waals surface area contributed by atoms with Gasteiger partial charge in [0.05, 0.1) is 9.82 Å². The minimum absolute atomic E-state index is 0.127. The molecule has 8 rings (SSSR count). The average Bonchev–Trinajstić information content (AvgIpc) is 3.30. The van der Waals surface area contributed by atoms with Crippen LogP contribution in [-0.4, -0.2) is 131 Å². The van der Waals surface area contributed by atoms with Gasteiger partial charge in [0.2, 0.25) is 0 Å². The molecule has 0 bridgehead atoms. The molecule has 1 saturated carbocycles. The monoisotopic (exact) mass is 968 g/mol. The van der Waals surface area contributed by atoms with E-state index in [0.717, 1.165) is 119 Å². The molecule has 2 unspecified atom stereocenters. The lowest BCUT2D eigenvalue weighted by atomic mass is 9.71. The number of halogens is 1. The van der Waals surface area contributed by atoms with Gasteiger partial charge in [-0.25, -0.2) is 13.1 Å². The third-order valence-corrected chi connectivity index (χ3v) is 16.9. The Hall–Kier alpha value is -4.48. The zero-order chi connectivity index (χ0) is 47.0. The average molecular weight is 970 g/mol. The molecule has 2 heterocycles. The van der Waals surface area contributed by atoms with Crippen molar-refractivity contribution in [2.24, 2.45) is 5.41 Å². The van der Waals surface area contributed by atoms with Crippen LogP contribution in [0.2, 0.25) is 5.02 Å². The van der Waals surface area contributed by atoms with Gasteiger partial charge in [0.25, 0.3) is 21.6 Å². The Labute approximate surface area is 405 Å². The number of carbonyl (C=O) groups excluding carboxylic acids is 1. The smallest absolute Gasteiger partial charge is 0.293 e. The third kappa shape index (κ3) is 13.0. The van der Waals surface area contributed by atoms with Crippen LogP contribution in [0.5, 0.6) is 0 Å². The van der Waals surface area contributed by atoms with Gasteiger partial charge in [0, 0.05) is 117 Å². The van der Waals surface area contributed by atoms with Crippen LogP contribution in [0.15, 0.2) is 112 Å². The summed E-state index contributed by atoms with van der Waals surface area (Å²) < 4.78 is 29.3. The number of thioether (sulfide) groups is 1. The van der Waals surface area contributed by atoms with Crippen molar-refractivity contribution in [2.45, 2.75) is 73.7 Å². The zero-order valence-electron chi connectivity index (χ0n) is 38.8. The van der Waals surface area contributed by atoms with Crippen LogP contribution in [0.25, 0.3) is 5.57 Å². The van der Waals surface area contributed by atoms with Gasteiger partial charge in [-0.2, -0.15) is 0 Å². The number of nitro groups is 1. The van der Waals surface area contributed by atoms with Crippen LogP contribution in [0.1, 0.15) is 67.8 Å². The summed E-state index contributed by atoms with van der Waals surface area (Å²) in [6.07, 6.45) is 7.63. The number of piperazine rings is 2. The minimum Gasteiger partial charge on any atom is -0.376 e. The summed E-state index contributed by atoms with van der Waals surface area (Å²) in [6, 6.07) is 29.5. The maximum absolute atomic E-state index is 13.6. The van der Waals surface area contributed by atoms with E-state index in [1.54, 1.807) is 23.9 Å². The second kappa shape index (κ2) is 22.3. The van der Waals surface area contributed by atoms with E-state index in [9.17, 15) is 23.3 Å². The molecule has 67 heavy (non-hydrogen) atoms. The predicted molar refractivity (Wildman–Crippen MR) is 272 cm³/mol. The molecule has 2 aliphatic heterocycles. The molecule has 4 aliphatic rings. The van der Waals surface area contributed by atoms with Gasteiger partial charge in [0.15, 0.2) is 0 Å². The Balaban J connectivity index is 0.878. The summed E-state index contributed by atoms with van der Waals surface area (Å²) in [5.41, 5.74) is 5.45. The van der Waals surface area contributed by atoms with E-state index >= 15 is 0 Å². The standard InChI is InChI=1S/C51H65ClN8O5S2/c1-51(37-58-27-24-53-25-28-58)23-21-47(38-11-15-41(52)16-12-38)40(34-51)35-57-29-31-59(32-30-57)44-17-13-39(14-18-44)50(61)55-67(64,65)46-19-20-48(49(33-46)60(62)63)54-42(22-26-56(2)43-7-6-8-43)36-66-45-9-4-3-5-10-45/h3-5,9-20,33,42-43,53-54H,6-8,21-32,34-37H2,1-2H3,(H,55,61). The Morgan fingerprint density at radius 3 is 2.34 bits per heavy atom. The Kier molecular flexibility index (Phi) is 16.3. The molecule has 2 saturated heterocycles. The SMILES string of the molecule is CN(CCC(CSc1ccccc1)Nc1ccc(S(=O)(=O)NC(=O)c2ccc(N3CCN(CC4=C(c5ccc(Cl)cc5)CCC(C)(CN5CCNCC5)C4)CC3)cc2)cc1[N+](=O)[O-])C1CCC1. The van der Waals surface area contributed by atoms with Gasteiger partial charge in [-0.15, -0.1) is 11.8 Å². The fourth-order valence-electron chi connectivity index (χ4n) is 9.96. The van der Waals surface area contributed by atoms with Gasteiger partial charge in [-0.1, -0.05) is 60.9 Å². The molecular weight excluding hydrogens is 904 g/mol. The van der Waals surface area contributed by atoms with E-state index in [2.05, 4.69) is 61.1 Å². The molecule has 3 fully saturated rings. The second-order valence-electron chi connectivity index (χ2n) is 19.1. The Morgan fingerprint density at radius 2 is 1.67 bits per heavy atom. The number of sulfonamides is 1. The van der Waals surface area contributed by atoms with E-state index < -0.39 is 20.9 Å². The molecule has 4 aromatic carbocycles. The summed E-state index contributed by atoms with van der Waals surface area (Å²) in [7, 11) is -2.32. The number of anilines is 2. The van der Waals surface area contributed by atoms with Crippen LogP contribution < -0.4 is 20.3 Å². The van der Waals surface area contributed by atoms with Crippen molar-refractivity contribution >= 4 is 61.9 Å². The first-order valence-electron chi connectivity index (χ1n) is 23.8. The fraction of sp³-hybridized carbons (Fsp3) is 0.471. The largest absolute Gasteiger partial charge is 0.376 e. The molecule has 2 atom stereocenters. The van der Waals surface area contributed by atoms with Crippen molar-refractivity contribution in [3.63, 3.8) is 0 Å². The van der Waals surface area contributed by atoms with E-state index in [-0.39, 0.29) is 33.3 Å². The summed E-state index contributed by atoms with van der Waals surface area (Å²) in [5, 5.41) is 20.0. The van der Waals surface area contributed by atoms with Crippen molar-refractivity contribution in [2.75, 3.05) is 95.0 Å². The number of hydrogen-bond acceptors (Lipinski definition) is 12. The Morgan fingerprint density at radius 1 is 0.955 bits per heavy atom. The van der Waals surface area contributed by atoms with Crippen LogP contribution in [-0.2, 0) is 10.0 Å². The first-order valence-corrected chi connectivity index (χ1v) is 26.6. The molecule has 0 radical (unpaired) electrons. The number of nitro benzene ring substituents is 1. The predicted octanol–water partition coefficient (Wildman–Crippen LogP) is 8.49. The van der Waals surface area contributed by atoms with Crippen LogP contribution in [0.3, 0.4) is 0 Å². The lowest BCUT2D eigenvalue weighted by Crippen LogP contribution is -2.49. The van der Waals surface area contributed by atoms with Gasteiger partial charge in [-0.3, -0.25) is 19.8 Å². The van der Waals surface area contributed by atoms with Crippen LogP contribution in [0.4, 0.5) is 17.1 Å². The molecule has 16 heteroatoms. The van der Waals surface area contributed by atoms with E-state index in [4.69, 9.17) is 11.6 Å². The number of carbonyl (C=O) groups is 1. The van der Waals surface area contributed by atoms with Crippen molar-refractivity contribution in [3.05, 3.63) is 129 Å². The number of benzene rings is 4. The topological polar surface area (TPSA) is 143 Å². The van der Waals surface area contributed by atoms with Crippen LogP contribution >= 0.6 is 23.4 Å². The van der Waals surface area contributed by atoms with Gasteiger partial charge < -0.3 is 25.3 Å². The summed E-state index contributed by atoms with van der Waals surface area (Å²) in [5.74, 6) is -0.149. The molecule has 1 amide bonds. The second-order valence-corrected chi connectivity index (χ2v) is 22.3. The Bertz CT molecular complexity index is 2460. The molecule has 358 valence electrons. The van der Waals surface area contributed by atoms with Gasteiger partial charge in [-0.05, 0) is 123 Å². The quantitative estimate of drug-likeness (QED) is 0.0471. The summed E-state index contributed by atoms with van der Waals surface area (Å²) in [4.78, 5) is 35.8. The molecule has 3 N–H and O–H groups in total. The maximum Gasteiger partial charge on any atom is 0.293 e. The van der Waals surface area contributed by atoms with Crippen molar-refractivity contribution in [1.29, 1.82) is 0 Å². The van der Waals surface area contributed by atoms with Crippen LogP contribution in [0, 0.1) is 15.5 Å². The van der Waals surface area contributed by atoms with E-state index in [1.807, 2.05) is 54.6 Å². The van der Waals surface area contributed by atoms with E-state index in [0.29, 0.717) is 11.8 Å².